The smallest absolute Gasteiger partial charge is 0.273 e. The minimum absolute atomic E-state index is 0.00518. The molecule has 106 valence electrons. The van der Waals surface area contributed by atoms with Crippen molar-refractivity contribution in [2.75, 3.05) is 0 Å². The van der Waals surface area contributed by atoms with Crippen LogP contribution in [0.25, 0.3) is 0 Å². The number of hydrogen-bond acceptors (Lipinski definition) is 3. The van der Waals surface area contributed by atoms with Crippen LogP contribution in [0.1, 0.15) is 41.6 Å². The lowest BCUT2D eigenvalue weighted by Gasteiger charge is -2.23. The van der Waals surface area contributed by atoms with Crippen LogP contribution in [0.15, 0.2) is 18.2 Å². The molecule has 2 aliphatic rings. The van der Waals surface area contributed by atoms with Gasteiger partial charge in [-0.3, -0.25) is 14.9 Å². The summed E-state index contributed by atoms with van der Waals surface area (Å²) in [7, 11) is 0. The average molecular weight is 274 g/mol. The van der Waals surface area contributed by atoms with E-state index in [4.69, 9.17) is 0 Å². The summed E-state index contributed by atoms with van der Waals surface area (Å²) in [6.45, 7) is 1.63. The molecule has 2 aliphatic carbocycles. The van der Waals surface area contributed by atoms with Crippen molar-refractivity contribution in [3.63, 3.8) is 0 Å². The quantitative estimate of drug-likeness (QED) is 0.680. The van der Waals surface area contributed by atoms with Gasteiger partial charge < -0.3 is 5.32 Å². The third kappa shape index (κ3) is 2.17. The summed E-state index contributed by atoms with van der Waals surface area (Å²) in [5, 5.41) is 14.0. The molecule has 5 heteroatoms. The lowest BCUT2D eigenvalue weighted by atomic mass is 9.95. The first-order valence-electron chi connectivity index (χ1n) is 7.11. The Balaban J connectivity index is 1.77. The lowest BCUT2D eigenvalue weighted by Crippen LogP contribution is -2.38. The number of rotatable bonds is 3. The first-order valence-corrected chi connectivity index (χ1v) is 7.11. The van der Waals surface area contributed by atoms with Crippen LogP contribution in [0.2, 0.25) is 0 Å². The van der Waals surface area contributed by atoms with Gasteiger partial charge in [-0.1, -0.05) is 12.5 Å². The molecule has 3 rings (SSSR count). The van der Waals surface area contributed by atoms with Gasteiger partial charge >= 0.3 is 0 Å². The highest BCUT2D eigenvalue weighted by Gasteiger charge is 2.40. The van der Waals surface area contributed by atoms with Gasteiger partial charge in [0.1, 0.15) is 0 Å². The van der Waals surface area contributed by atoms with Crippen molar-refractivity contribution in [1.82, 2.24) is 5.32 Å². The van der Waals surface area contributed by atoms with Crippen molar-refractivity contribution < 1.29 is 9.72 Å². The summed E-state index contributed by atoms with van der Waals surface area (Å²) in [6, 6.07) is 4.91. The summed E-state index contributed by atoms with van der Waals surface area (Å²) in [6.07, 6.45) is 4.76. The molecule has 2 bridgehead atoms. The van der Waals surface area contributed by atoms with Crippen LogP contribution in [0.5, 0.6) is 0 Å². The number of fused-ring (bicyclic) bond motifs is 2. The van der Waals surface area contributed by atoms with Crippen molar-refractivity contribution in [3.8, 4) is 0 Å². The molecule has 0 radical (unpaired) electrons. The molecule has 1 aromatic rings. The standard InChI is InChI=1S/C15H18N2O3/c1-9-12(3-2-4-14(9)17(19)20)15(18)16-13-8-10-5-6-11(13)7-10/h2-4,10-11,13H,5-8H2,1H3,(H,16,18)/t10-,11+,13-/m1/s1. The third-order valence-corrected chi connectivity index (χ3v) is 4.80. The minimum atomic E-state index is -0.441. The first kappa shape index (κ1) is 13.1. The maximum atomic E-state index is 12.3. The van der Waals surface area contributed by atoms with Crippen LogP contribution in [-0.4, -0.2) is 16.9 Å². The number of nitrogens with one attached hydrogen (secondary N) is 1. The molecule has 0 spiro atoms. The van der Waals surface area contributed by atoms with Gasteiger partial charge in [0.2, 0.25) is 0 Å². The van der Waals surface area contributed by atoms with Crippen LogP contribution >= 0.6 is 0 Å². The summed E-state index contributed by atoms with van der Waals surface area (Å²) >= 11 is 0. The molecule has 0 aromatic heterocycles. The minimum Gasteiger partial charge on any atom is -0.349 e. The number of amides is 1. The number of nitro benzene ring substituents is 1. The largest absolute Gasteiger partial charge is 0.349 e. The van der Waals surface area contributed by atoms with Gasteiger partial charge in [0.25, 0.3) is 11.6 Å². The van der Waals surface area contributed by atoms with E-state index in [2.05, 4.69) is 5.32 Å². The monoisotopic (exact) mass is 274 g/mol. The summed E-state index contributed by atoms with van der Waals surface area (Å²) in [5.41, 5.74) is 0.866. The van der Waals surface area contributed by atoms with E-state index in [0.717, 1.165) is 12.3 Å². The number of carbonyl (C=O) groups excluding carboxylic acids is 1. The number of hydrogen-bond donors (Lipinski definition) is 1. The molecule has 2 saturated carbocycles. The van der Waals surface area contributed by atoms with Crippen LogP contribution < -0.4 is 5.32 Å². The van der Waals surface area contributed by atoms with Gasteiger partial charge in [-0.2, -0.15) is 0 Å². The zero-order valence-electron chi connectivity index (χ0n) is 11.5. The average Bonchev–Trinajstić information content (AvgIpc) is 3.00. The predicted molar refractivity (Wildman–Crippen MR) is 74.5 cm³/mol. The van der Waals surface area contributed by atoms with E-state index < -0.39 is 4.92 Å². The Labute approximate surface area is 117 Å². The normalized spacial score (nSPS) is 27.6. The molecule has 1 N–H and O–H groups in total. The second-order valence-corrected chi connectivity index (χ2v) is 5.96. The SMILES string of the molecule is Cc1c(C(=O)N[C@@H]2C[C@@H]3CC[C@H]2C3)cccc1[N+](=O)[O-]. The van der Waals surface area contributed by atoms with Gasteiger partial charge in [0.15, 0.2) is 0 Å². The summed E-state index contributed by atoms with van der Waals surface area (Å²) in [4.78, 5) is 22.8. The molecule has 0 aliphatic heterocycles. The van der Waals surface area contributed by atoms with E-state index in [1.165, 1.54) is 25.3 Å². The zero-order valence-corrected chi connectivity index (χ0v) is 11.5. The van der Waals surface area contributed by atoms with E-state index in [1.807, 2.05) is 0 Å². The third-order valence-electron chi connectivity index (χ3n) is 4.80. The van der Waals surface area contributed by atoms with Crippen molar-refractivity contribution in [3.05, 3.63) is 39.4 Å². The maximum absolute atomic E-state index is 12.3. The zero-order chi connectivity index (χ0) is 14.3. The Morgan fingerprint density at radius 3 is 2.75 bits per heavy atom. The van der Waals surface area contributed by atoms with E-state index in [9.17, 15) is 14.9 Å². The molecule has 20 heavy (non-hydrogen) atoms. The first-order chi connectivity index (χ1) is 9.56. The summed E-state index contributed by atoms with van der Waals surface area (Å²) in [5.74, 6) is 1.18. The number of carbonyl (C=O) groups is 1. The number of benzene rings is 1. The van der Waals surface area contributed by atoms with Crippen molar-refractivity contribution in [1.29, 1.82) is 0 Å². The molecule has 5 nitrogen and oxygen atoms in total. The molecule has 0 saturated heterocycles. The molecule has 0 unspecified atom stereocenters. The van der Waals surface area contributed by atoms with Crippen LogP contribution in [0, 0.1) is 28.9 Å². The van der Waals surface area contributed by atoms with E-state index in [-0.39, 0.29) is 17.6 Å². The van der Waals surface area contributed by atoms with Crippen molar-refractivity contribution >= 4 is 11.6 Å². The second kappa shape index (κ2) is 4.89. The molecule has 2 fully saturated rings. The fourth-order valence-electron chi connectivity index (χ4n) is 3.73. The fraction of sp³-hybridized carbons (Fsp3) is 0.533. The van der Waals surface area contributed by atoms with E-state index >= 15 is 0 Å². The van der Waals surface area contributed by atoms with E-state index in [1.54, 1.807) is 19.1 Å². The summed E-state index contributed by atoms with van der Waals surface area (Å²) < 4.78 is 0. The second-order valence-electron chi connectivity index (χ2n) is 5.96. The van der Waals surface area contributed by atoms with Crippen LogP contribution in [0.4, 0.5) is 5.69 Å². The van der Waals surface area contributed by atoms with Crippen molar-refractivity contribution in [2.24, 2.45) is 11.8 Å². The van der Waals surface area contributed by atoms with Gasteiger partial charge in [-0.15, -0.1) is 0 Å². The molecular formula is C15H18N2O3. The maximum Gasteiger partial charge on any atom is 0.273 e. The van der Waals surface area contributed by atoms with Gasteiger partial charge in [0, 0.05) is 23.2 Å². The van der Waals surface area contributed by atoms with Gasteiger partial charge in [-0.05, 0) is 44.1 Å². The topological polar surface area (TPSA) is 72.2 Å². The Hall–Kier alpha value is -1.91. The molecule has 3 atom stereocenters. The highest BCUT2D eigenvalue weighted by atomic mass is 16.6. The van der Waals surface area contributed by atoms with Crippen LogP contribution in [-0.2, 0) is 0 Å². The lowest BCUT2D eigenvalue weighted by molar-refractivity contribution is -0.385. The molecule has 1 aromatic carbocycles. The number of nitrogens with zero attached hydrogens (tertiary/aromatic N) is 1. The molecular weight excluding hydrogens is 256 g/mol. The van der Waals surface area contributed by atoms with Crippen molar-refractivity contribution in [2.45, 2.75) is 38.6 Å². The highest BCUT2D eigenvalue weighted by Crippen LogP contribution is 2.44. The number of nitro groups is 1. The van der Waals surface area contributed by atoms with Gasteiger partial charge in [-0.25, -0.2) is 0 Å². The van der Waals surface area contributed by atoms with Crippen LogP contribution in [0.3, 0.4) is 0 Å². The Morgan fingerprint density at radius 2 is 2.15 bits per heavy atom. The Morgan fingerprint density at radius 1 is 1.35 bits per heavy atom. The Kier molecular flexibility index (Phi) is 3.20. The Bertz CT molecular complexity index is 570. The van der Waals surface area contributed by atoms with Gasteiger partial charge in [0.05, 0.1) is 4.92 Å². The molecule has 0 heterocycles. The van der Waals surface area contributed by atoms with E-state index in [0.29, 0.717) is 17.0 Å². The fourth-order valence-corrected chi connectivity index (χ4v) is 3.73. The predicted octanol–water partition coefficient (Wildman–Crippen LogP) is 2.82. The highest BCUT2D eigenvalue weighted by molar-refractivity contribution is 5.96. The molecule has 1 amide bonds.